The molecule has 0 aliphatic carbocycles. The monoisotopic (exact) mass is 373 g/mol. The topological polar surface area (TPSA) is 70.2 Å². The highest BCUT2D eigenvalue weighted by atomic mass is 16.5. The van der Waals surface area contributed by atoms with Crippen LogP contribution in [0.1, 0.15) is 20.3 Å². The van der Waals surface area contributed by atoms with Crippen molar-refractivity contribution in [3.8, 4) is 5.75 Å². The summed E-state index contributed by atoms with van der Waals surface area (Å²) in [6.45, 7) is 6.29. The third kappa shape index (κ3) is 3.91. The van der Waals surface area contributed by atoms with E-state index in [1.165, 1.54) is 0 Å². The molecule has 0 aromatic heterocycles. The maximum absolute atomic E-state index is 12.9. The van der Waals surface area contributed by atoms with E-state index < -0.39 is 0 Å². The number of benzene rings is 1. The molecule has 7 heteroatoms. The number of amides is 3. The number of carbonyl (C=O) groups excluding carboxylic acids is 3. The van der Waals surface area contributed by atoms with Crippen molar-refractivity contribution in [3.05, 3.63) is 24.3 Å². The molecule has 146 valence electrons. The van der Waals surface area contributed by atoms with E-state index in [0.29, 0.717) is 44.2 Å². The smallest absolute Gasteiger partial charge is 0.228 e. The fourth-order valence-electron chi connectivity index (χ4n) is 3.73. The first-order valence-corrected chi connectivity index (χ1v) is 9.43. The number of piperazine rings is 1. The van der Waals surface area contributed by atoms with Crippen LogP contribution in [0.15, 0.2) is 24.3 Å². The van der Waals surface area contributed by atoms with Gasteiger partial charge in [-0.2, -0.15) is 0 Å². The second-order valence-corrected chi connectivity index (χ2v) is 7.38. The summed E-state index contributed by atoms with van der Waals surface area (Å²) in [6.07, 6.45) is 0.210. The summed E-state index contributed by atoms with van der Waals surface area (Å²) in [5, 5.41) is 0. The van der Waals surface area contributed by atoms with Crippen molar-refractivity contribution in [2.75, 3.05) is 44.7 Å². The molecule has 0 spiro atoms. The first kappa shape index (κ1) is 19.2. The van der Waals surface area contributed by atoms with Crippen molar-refractivity contribution in [2.24, 2.45) is 11.8 Å². The van der Waals surface area contributed by atoms with Crippen molar-refractivity contribution in [1.82, 2.24) is 9.80 Å². The van der Waals surface area contributed by atoms with E-state index in [1.54, 1.807) is 16.9 Å². The summed E-state index contributed by atoms with van der Waals surface area (Å²) < 4.78 is 5.34. The van der Waals surface area contributed by atoms with Gasteiger partial charge in [-0.15, -0.1) is 0 Å². The van der Waals surface area contributed by atoms with Crippen LogP contribution in [0.25, 0.3) is 0 Å². The Morgan fingerprint density at radius 3 is 2.33 bits per heavy atom. The van der Waals surface area contributed by atoms with Crippen LogP contribution in [0.5, 0.6) is 5.75 Å². The number of rotatable bonds is 4. The second-order valence-electron chi connectivity index (χ2n) is 7.38. The van der Waals surface area contributed by atoms with Gasteiger partial charge in [0.05, 0.1) is 18.7 Å². The molecule has 0 bridgehead atoms. The average Bonchev–Trinajstić information content (AvgIpc) is 3.08. The van der Waals surface area contributed by atoms with Crippen LogP contribution >= 0.6 is 0 Å². The lowest BCUT2D eigenvalue weighted by atomic mass is 10.1. The highest BCUT2D eigenvalue weighted by molar-refractivity contribution is 6.01. The van der Waals surface area contributed by atoms with Gasteiger partial charge in [0.25, 0.3) is 0 Å². The van der Waals surface area contributed by atoms with E-state index in [1.807, 2.05) is 43.0 Å². The van der Waals surface area contributed by atoms with E-state index >= 15 is 0 Å². The molecule has 0 radical (unpaired) electrons. The van der Waals surface area contributed by atoms with Gasteiger partial charge in [0.15, 0.2) is 0 Å². The number of hydrogen-bond donors (Lipinski definition) is 0. The van der Waals surface area contributed by atoms with E-state index in [0.717, 1.165) is 0 Å². The lowest BCUT2D eigenvalue weighted by Gasteiger charge is -2.36. The summed E-state index contributed by atoms with van der Waals surface area (Å²) in [5.41, 5.74) is 0.702. The van der Waals surface area contributed by atoms with Gasteiger partial charge in [0, 0.05) is 45.1 Å². The maximum atomic E-state index is 12.9. The molecule has 0 saturated carbocycles. The second kappa shape index (κ2) is 7.98. The minimum absolute atomic E-state index is 0.00241. The van der Waals surface area contributed by atoms with E-state index in [4.69, 9.17) is 4.74 Å². The van der Waals surface area contributed by atoms with E-state index in [2.05, 4.69) is 0 Å². The quantitative estimate of drug-likeness (QED) is 0.799. The third-order valence-corrected chi connectivity index (χ3v) is 5.25. The SMILES string of the molecule is COc1ccccc1N1C[C@@H](C(=O)N2CCN(C(=O)C(C)C)CC2)CC1=O. The average molecular weight is 373 g/mol. The Morgan fingerprint density at radius 1 is 1.07 bits per heavy atom. The van der Waals surface area contributed by atoms with Gasteiger partial charge in [-0.1, -0.05) is 26.0 Å². The van der Waals surface area contributed by atoms with Crippen molar-refractivity contribution >= 4 is 23.4 Å². The number of para-hydroxylation sites is 2. The minimum atomic E-state index is -0.352. The number of methoxy groups -OCH3 is 1. The molecule has 2 heterocycles. The predicted molar refractivity (Wildman–Crippen MR) is 101 cm³/mol. The molecular weight excluding hydrogens is 346 g/mol. The zero-order chi connectivity index (χ0) is 19.6. The maximum Gasteiger partial charge on any atom is 0.228 e. The normalized spacial score (nSPS) is 20.4. The molecule has 0 unspecified atom stereocenters. The Kier molecular flexibility index (Phi) is 5.68. The standard InChI is InChI=1S/C20H27N3O4/c1-14(2)19(25)21-8-10-22(11-9-21)20(26)15-12-18(24)23(13-15)16-6-4-5-7-17(16)27-3/h4-7,14-15H,8-13H2,1-3H3/t15-/m0/s1. The van der Waals surface area contributed by atoms with Crippen LogP contribution in [0.2, 0.25) is 0 Å². The highest BCUT2D eigenvalue weighted by Gasteiger charge is 2.39. The van der Waals surface area contributed by atoms with Crippen LogP contribution in [0.4, 0.5) is 5.69 Å². The Morgan fingerprint density at radius 2 is 1.70 bits per heavy atom. The van der Waals surface area contributed by atoms with Crippen molar-refractivity contribution in [3.63, 3.8) is 0 Å². The number of carbonyl (C=O) groups is 3. The highest BCUT2D eigenvalue weighted by Crippen LogP contribution is 2.33. The molecule has 1 aromatic rings. The zero-order valence-electron chi connectivity index (χ0n) is 16.2. The van der Waals surface area contributed by atoms with Crippen molar-refractivity contribution < 1.29 is 19.1 Å². The summed E-state index contributed by atoms with van der Waals surface area (Å²) in [7, 11) is 1.57. The molecule has 1 atom stereocenters. The van der Waals surface area contributed by atoms with Crippen LogP contribution in [0.3, 0.4) is 0 Å². The van der Waals surface area contributed by atoms with Crippen molar-refractivity contribution in [1.29, 1.82) is 0 Å². The fraction of sp³-hybridized carbons (Fsp3) is 0.550. The van der Waals surface area contributed by atoms with Crippen molar-refractivity contribution in [2.45, 2.75) is 20.3 Å². The summed E-state index contributed by atoms with van der Waals surface area (Å²) in [5.74, 6) is 0.299. The van der Waals surface area contributed by atoms with Crippen LogP contribution in [-0.4, -0.2) is 67.4 Å². The van der Waals surface area contributed by atoms with E-state index in [9.17, 15) is 14.4 Å². The summed E-state index contributed by atoms with van der Waals surface area (Å²) in [4.78, 5) is 42.7. The largest absolute Gasteiger partial charge is 0.495 e. The molecule has 2 aliphatic heterocycles. The van der Waals surface area contributed by atoms with Gasteiger partial charge in [-0.25, -0.2) is 0 Å². The first-order valence-electron chi connectivity index (χ1n) is 9.43. The van der Waals surface area contributed by atoms with Crippen LogP contribution in [-0.2, 0) is 14.4 Å². The lowest BCUT2D eigenvalue weighted by molar-refractivity contribution is -0.143. The summed E-state index contributed by atoms with van der Waals surface area (Å²) >= 11 is 0. The molecule has 3 amide bonds. The Balaban J connectivity index is 1.62. The Labute approximate surface area is 159 Å². The number of anilines is 1. The van der Waals surface area contributed by atoms with Gasteiger partial charge >= 0.3 is 0 Å². The van der Waals surface area contributed by atoms with Gasteiger partial charge in [-0.05, 0) is 12.1 Å². The number of nitrogens with zero attached hydrogens (tertiary/aromatic N) is 3. The predicted octanol–water partition coefficient (Wildman–Crippen LogP) is 1.37. The number of ether oxygens (including phenoxy) is 1. The summed E-state index contributed by atoms with van der Waals surface area (Å²) in [6, 6.07) is 7.34. The molecule has 2 aliphatic rings. The minimum Gasteiger partial charge on any atom is -0.495 e. The van der Waals surface area contributed by atoms with Gasteiger partial charge in [0.1, 0.15) is 5.75 Å². The van der Waals surface area contributed by atoms with Gasteiger partial charge in [0.2, 0.25) is 17.7 Å². The Bertz CT molecular complexity index is 726. The zero-order valence-corrected chi connectivity index (χ0v) is 16.2. The molecule has 7 nitrogen and oxygen atoms in total. The molecule has 27 heavy (non-hydrogen) atoms. The lowest BCUT2D eigenvalue weighted by Crippen LogP contribution is -2.53. The first-order chi connectivity index (χ1) is 12.9. The molecule has 2 fully saturated rings. The van der Waals surface area contributed by atoms with E-state index in [-0.39, 0.29) is 36.0 Å². The van der Waals surface area contributed by atoms with Crippen LogP contribution < -0.4 is 9.64 Å². The Hall–Kier alpha value is -2.57. The number of hydrogen-bond acceptors (Lipinski definition) is 4. The third-order valence-electron chi connectivity index (χ3n) is 5.25. The molecule has 0 N–H and O–H groups in total. The van der Waals surface area contributed by atoms with Gasteiger partial charge < -0.3 is 19.4 Å². The van der Waals surface area contributed by atoms with Crippen LogP contribution in [0, 0.1) is 11.8 Å². The van der Waals surface area contributed by atoms with Gasteiger partial charge in [-0.3, -0.25) is 14.4 Å². The molecule has 2 saturated heterocycles. The molecular formula is C20H27N3O4. The molecule has 3 rings (SSSR count). The molecule has 1 aromatic carbocycles. The fourth-order valence-corrected chi connectivity index (χ4v) is 3.73.